The molecule has 5 nitrogen and oxygen atoms in total. The summed E-state index contributed by atoms with van der Waals surface area (Å²) in [6.07, 6.45) is -3.67. The minimum atomic E-state index is -4.56. The number of benzene rings is 2. The molecule has 0 spiro atoms. The second kappa shape index (κ2) is 7.88. The highest BCUT2D eigenvalue weighted by Gasteiger charge is 2.36. The van der Waals surface area contributed by atoms with E-state index in [9.17, 15) is 22.7 Å². The van der Waals surface area contributed by atoms with Crippen molar-refractivity contribution in [1.29, 1.82) is 0 Å². The van der Waals surface area contributed by atoms with Gasteiger partial charge in [0.25, 0.3) is 0 Å². The van der Waals surface area contributed by atoms with Gasteiger partial charge in [-0.25, -0.2) is 4.39 Å². The van der Waals surface area contributed by atoms with Gasteiger partial charge < -0.3 is 19.7 Å². The van der Waals surface area contributed by atoms with Crippen LogP contribution in [0.3, 0.4) is 0 Å². The number of hydrogen-bond donors (Lipinski definition) is 2. The maximum atomic E-state index is 13.8. The molecule has 2 heterocycles. The maximum absolute atomic E-state index is 13.8. The van der Waals surface area contributed by atoms with E-state index >= 15 is 0 Å². The highest BCUT2D eigenvalue weighted by Crippen LogP contribution is 2.40. The van der Waals surface area contributed by atoms with Crippen molar-refractivity contribution in [2.45, 2.75) is 32.2 Å². The first kappa shape index (κ1) is 21.2. The van der Waals surface area contributed by atoms with Crippen LogP contribution in [-0.4, -0.2) is 41.6 Å². The molecule has 9 heteroatoms. The van der Waals surface area contributed by atoms with E-state index in [0.717, 1.165) is 6.07 Å². The van der Waals surface area contributed by atoms with Gasteiger partial charge in [0, 0.05) is 30.4 Å². The Morgan fingerprint density at radius 2 is 1.84 bits per heavy atom. The zero-order valence-corrected chi connectivity index (χ0v) is 16.9. The molecule has 1 fully saturated rings. The van der Waals surface area contributed by atoms with Crippen molar-refractivity contribution in [2.75, 3.05) is 18.0 Å². The molecule has 0 amide bonds. The third-order valence-electron chi connectivity index (χ3n) is 5.17. The lowest BCUT2D eigenvalue weighted by Gasteiger charge is -2.38. The van der Waals surface area contributed by atoms with Crippen LogP contribution in [0, 0.1) is 5.82 Å². The first-order valence-electron chi connectivity index (χ1n) is 9.77. The Morgan fingerprint density at radius 3 is 2.52 bits per heavy atom. The summed E-state index contributed by atoms with van der Waals surface area (Å²) < 4.78 is 60.4. The Kier molecular flexibility index (Phi) is 5.38. The molecule has 4 rings (SSSR count). The zero-order chi connectivity index (χ0) is 22.3. The lowest BCUT2D eigenvalue weighted by atomic mass is 10.1. The number of H-pyrrole nitrogens is 1. The monoisotopic (exact) mass is 435 g/mol. The molecule has 0 saturated carbocycles. The zero-order valence-electron chi connectivity index (χ0n) is 16.9. The lowest BCUT2D eigenvalue weighted by molar-refractivity contribution is -0.137. The van der Waals surface area contributed by atoms with Gasteiger partial charge in [0.15, 0.2) is 5.88 Å². The Bertz CT molecular complexity index is 1130. The number of aliphatic imine (C=N–C) groups is 1. The number of rotatable bonds is 3. The summed E-state index contributed by atoms with van der Waals surface area (Å²) in [5.41, 5.74) is 0.0122. The fraction of sp³-hybridized carbons (Fsp3) is 0.318. The molecular weight excluding hydrogens is 414 g/mol. The predicted molar refractivity (Wildman–Crippen MR) is 111 cm³/mol. The largest absolute Gasteiger partial charge is 0.494 e. The number of alkyl halides is 3. The van der Waals surface area contributed by atoms with Crippen LogP contribution < -0.4 is 4.90 Å². The number of anilines is 1. The van der Waals surface area contributed by atoms with Crippen LogP contribution in [0.5, 0.6) is 5.88 Å². The van der Waals surface area contributed by atoms with Crippen molar-refractivity contribution < 1.29 is 27.4 Å². The second-order valence-corrected chi connectivity index (χ2v) is 7.70. The van der Waals surface area contributed by atoms with Gasteiger partial charge in [0.05, 0.1) is 34.5 Å². The topological polar surface area (TPSA) is 60.8 Å². The molecule has 1 aliphatic heterocycles. The molecule has 2 unspecified atom stereocenters. The molecule has 1 saturated heterocycles. The van der Waals surface area contributed by atoms with Crippen LogP contribution in [-0.2, 0) is 10.9 Å². The van der Waals surface area contributed by atoms with Crippen molar-refractivity contribution in [3.8, 4) is 5.88 Å². The van der Waals surface area contributed by atoms with E-state index in [0.29, 0.717) is 24.0 Å². The molecule has 1 aromatic heterocycles. The Labute approximate surface area is 176 Å². The Balaban J connectivity index is 1.70. The predicted octanol–water partition coefficient (Wildman–Crippen LogP) is 5.40. The number of aromatic amines is 1. The molecule has 2 aromatic carbocycles. The molecule has 31 heavy (non-hydrogen) atoms. The van der Waals surface area contributed by atoms with E-state index in [1.807, 2.05) is 13.8 Å². The quantitative estimate of drug-likeness (QED) is 0.428. The number of nitrogens with one attached hydrogen (secondary N) is 1. The van der Waals surface area contributed by atoms with Crippen molar-refractivity contribution in [2.24, 2.45) is 4.99 Å². The Hall–Kier alpha value is -3.07. The number of aromatic hydroxyl groups is 1. The van der Waals surface area contributed by atoms with Crippen molar-refractivity contribution in [3.05, 3.63) is 53.3 Å². The average Bonchev–Trinajstić information content (AvgIpc) is 2.98. The molecule has 0 radical (unpaired) electrons. The number of aromatic nitrogens is 1. The summed E-state index contributed by atoms with van der Waals surface area (Å²) in [5.74, 6) is -0.720. The van der Waals surface area contributed by atoms with Crippen LogP contribution in [0.2, 0.25) is 0 Å². The summed E-state index contributed by atoms with van der Waals surface area (Å²) in [6.45, 7) is 4.37. The van der Waals surface area contributed by atoms with Gasteiger partial charge in [-0.2, -0.15) is 13.2 Å². The molecule has 164 valence electrons. The highest BCUT2D eigenvalue weighted by molar-refractivity contribution is 6.02. The van der Waals surface area contributed by atoms with Gasteiger partial charge in [-0.05, 0) is 50.2 Å². The smallest absolute Gasteiger partial charge is 0.418 e. The molecule has 0 aliphatic carbocycles. The fourth-order valence-electron chi connectivity index (χ4n) is 3.93. The first-order valence-corrected chi connectivity index (χ1v) is 9.77. The number of halogens is 4. The van der Waals surface area contributed by atoms with E-state index < -0.39 is 17.6 Å². The van der Waals surface area contributed by atoms with E-state index in [4.69, 9.17) is 4.74 Å². The fourth-order valence-corrected chi connectivity index (χ4v) is 3.93. The lowest BCUT2D eigenvalue weighted by Crippen LogP contribution is -2.46. The maximum Gasteiger partial charge on any atom is 0.418 e. The van der Waals surface area contributed by atoms with E-state index in [-0.39, 0.29) is 35.0 Å². The number of morpholine rings is 1. The SMILES string of the molecule is CC1CN(c2ccc(N=Cc3c(O)[nH]c4cc(F)ccc34)cc2C(F)(F)F)CC(C)O1. The third kappa shape index (κ3) is 4.36. The van der Waals surface area contributed by atoms with Gasteiger partial charge in [-0.1, -0.05) is 0 Å². The van der Waals surface area contributed by atoms with Crippen LogP contribution in [0.25, 0.3) is 10.9 Å². The summed E-state index contributed by atoms with van der Waals surface area (Å²) in [7, 11) is 0. The molecule has 1 aliphatic rings. The number of hydrogen-bond acceptors (Lipinski definition) is 4. The summed E-state index contributed by atoms with van der Waals surface area (Å²) in [6, 6.07) is 7.80. The summed E-state index contributed by atoms with van der Waals surface area (Å²) in [5, 5.41) is 10.6. The minimum absolute atomic E-state index is 0.0823. The van der Waals surface area contributed by atoms with Crippen molar-refractivity contribution >= 4 is 28.5 Å². The normalized spacial score (nSPS) is 20.1. The third-order valence-corrected chi connectivity index (χ3v) is 5.17. The number of ether oxygens (including phenoxy) is 1. The van der Waals surface area contributed by atoms with E-state index in [1.54, 1.807) is 4.90 Å². The van der Waals surface area contributed by atoms with Crippen LogP contribution >= 0.6 is 0 Å². The number of nitrogens with zero attached hydrogens (tertiary/aromatic N) is 2. The second-order valence-electron chi connectivity index (χ2n) is 7.70. The van der Waals surface area contributed by atoms with E-state index in [2.05, 4.69) is 9.98 Å². The van der Waals surface area contributed by atoms with Crippen molar-refractivity contribution in [1.82, 2.24) is 4.98 Å². The molecule has 2 atom stereocenters. The minimum Gasteiger partial charge on any atom is -0.494 e. The van der Waals surface area contributed by atoms with Gasteiger partial charge in [0.2, 0.25) is 0 Å². The van der Waals surface area contributed by atoms with Crippen LogP contribution in [0.4, 0.5) is 28.9 Å². The van der Waals surface area contributed by atoms with Gasteiger partial charge in [-0.3, -0.25) is 4.99 Å². The molecule has 2 N–H and O–H groups in total. The average molecular weight is 435 g/mol. The summed E-state index contributed by atoms with van der Waals surface area (Å²) >= 11 is 0. The number of fused-ring (bicyclic) bond motifs is 1. The summed E-state index contributed by atoms with van der Waals surface area (Å²) in [4.78, 5) is 8.43. The van der Waals surface area contributed by atoms with Gasteiger partial charge in [0.1, 0.15) is 5.82 Å². The standard InChI is InChI=1S/C22H21F4N3O2/c1-12-10-29(11-13(2)31-12)20-6-4-15(8-18(20)22(24,25)26)27-9-17-16-5-3-14(23)7-19(16)28-21(17)30/h3-9,12-13,28,30H,10-11H2,1-2H3. The highest BCUT2D eigenvalue weighted by atomic mass is 19.4. The Morgan fingerprint density at radius 1 is 1.13 bits per heavy atom. The van der Waals surface area contributed by atoms with Crippen molar-refractivity contribution in [3.63, 3.8) is 0 Å². The molecule has 3 aromatic rings. The first-order chi connectivity index (χ1) is 14.6. The van der Waals surface area contributed by atoms with Crippen LogP contribution in [0.15, 0.2) is 41.4 Å². The molecular formula is C22H21F4N3O2. The molecule has 0 bridgehead atoms. The van der Waals surface area contributed by atoms with Gasteiger partial charge in [-0.15, -0.1) is 0 Å². The van der Waals surface area contributed by atoms with E-state index in [1.165, 1.54) is 36.5 Å². The van der Waals surface area contributed by atoms with Gasteiger partial charge >= 0.3 is 6.18 Å². The van der Waals surface area contributed by atoms with Crippen LogP contribution in [0.1, 0.15) is 25.0 Å².